The van der Waals surface area contributed by atoms with E-state index in [1.807, 2.05) is 6.92 Å². The Morgan fingerprint density at radius 3 is 2.58 bits per heavy atom. The van der Waals surface area contributed by atoms with Gasteiger partial charge in [0.1, 0.15) is 0 Å². The molecule has 0 saturated carbocycles. The number of benzene rings is 1. The second kappa shape index (κ2) is 6.53. The Labute approximate surface area is 113 Å². The van der Waals surface area contributed by atoms with E-state index < -0.39 is 10.0 Å². The standard InChI is InChI=1S/C12H19N3O3S/c1-3-15(2)12(16)8-14-19(17,18)9-10-6-4-5-7-11(10)13/h4-7,14H,3,8-9,13H2,1-2H3. The van der Waals surface area contributed by atoms with Crippen molar-refractivity contribution in [3.63, 3.8) is 0 Å². The minimum Gasteiger partial charge on any atom is -0.398 e. The van der Waals surface area contributed by atoms with E-state index in [1.165, 1.54) is 4.90 Å². The highest BCUT2D eigenvalue weighted by Gasteiger charge is 2.16. The first-order valence-electron chi connectivity index (χ1n) is 5.90. The van der Waals surface area contributed by atoms with E-state index >= 15 is 0 Å². The molecule has 0 atom stereocenters. The first-order chi connectivity index (χ1) is 8.85. The zero-order valence-electron chi connectivity index (χ0n) is 11.1. The van der Waals surface area contributed by atoms with Crippen molar-refractivity contribution in [2.45, 2.75) is 12.7 Å². The van der Waals surface area contributed by atoms with E-state index in [0.29, 0.717) is 17.8 Å². The summed E-state index contributed by atoms with van der Waals surface area (Å²) < 4.78 is 25.9. The summed E-state index contributed by atoms with van der Waals surface area (Å²) in [6, 6.07) is 6.74. The van der Waals surface area contributed by atoms with Gasteiger partial charge in [-0.25, -0.2) is 13.1 Å². The van der Waals surface area contributed by atoms with Gasteiger partial charge in [0.25, 0.3) is 0 Å². The minimum absolute atomic E-state index is 0.233. The number of hydrogen-bond acceptors (Lipinski definition) is 4. The van der Waals surface area contributed by atoms with Crippen molar-refractivity contribution in [1.29, 1.82) is 0 Å². The number of rotatable bonds is 6. The third-order valence-corrected chi connectivity index (χ3v) is 4.02. The van der Waals surface area contributed by atoms with E-state index in [0.717, 1.165) is 0 Å². The van der Waals surface area contributed by atoms with Crippen LogP contribution < -0.4 is 10.5 Å². The first-order valence-corrected chi connectivity index (χ1v) is 7.55. The molecule has 0 saturated heterocycles. The molecule has 1 aromatic carbocycles. The maximum atomic E-state index is 11.8. The van der Waals surface area contributed by atoms with Gasteiger partial charge in [-0.1, -0.05) is 18.2 Å². The van der Waals surface area contributed by atoms with Crippen molar-refractivity contribution >= 4 is 21.6 Å². The number of nitrogen functional groups attached to an aromatic ring is 1. The molecule has 0 radical (unpaired) electrons. The average Bonchev–Trinajstić information content (AvgIpc) is 2.37. The Morgan fingerprint density at radius 1 is 1.37 bits per heavy atom. The van der Waals surface area contributed by atoms with Crippen LogP contribution in [0.2, 0.25) is 0 Å². The molecule has 7 heteroatoms. The van der Waals surface area contributed by atoms with Crippen molar-refractivity contribution in [2.24, 2.45) is 0 Å². The number of nitrogens with zero attached hydrogens (tertiary/aromatic N) is 1. The molecule has 0 bridgehead atoms. The number of hydrogen-bond donors (Lipinski definition) is 2. The molecule has 0 heterocycles. The predicted molar refractivity (Wildman–Crippen MR) is 74.8 cm³/mol. The minimum atomic E-state index is -3.57. The van der Waals surface area contributed by atoms with E-state index in [2.05, 4.69) is 4.72 Å². The lowest BCUT2D eigenvalue weighted by Gasteiger charge is -2.15. The van der Waals surface area contributed by atoms with Gasteiger partial charge in [-0.05, 0) is 18.6 Å². The van der Waals surface area contributed by atoms with Crippen molar-refractivity contribution in [2.75, 3.05) is 25.9 Å². The van der Waals surface area contributed by atoms with Crippen LogP contribution in [-0.4, -0.2) is 39.4 Å². The smallest absolute Gasteiger partial charge is 0.237 e. The molecule has 1 rings (SSSR count). The van der Waals surface area contributed by atoms with Gasteiger partial charge in [-0.15, -0.1) is 0 Å². The number of nitrogens with one attached hydrogen (secondary N) is 1. The van der Waals surface area contributed by atoms with E-state index in [9.17, 15) is 13.2 Å². The summed E-state index contributed by atoms with van der Waals surface area (Å²) in [6.45, 7) is 2.11. The van der Waals surface area contributed by atoms with E-state index in [-0.39, 0.29) is 18.2 Å². The summed E-state index contributed by atoms with van der Waals surface area (Å²) in [4.78, 5) is 13.0. The number of amides is 1. The van der Waals surface area contributed by atoms with Gasteiger partial charge in [0.2, 0.25) is 15.9 Å². The van der Waals surface area contributed by atoms with Crippen LogP contribution in [0, 0.1) is 0 Å². The number of carbonyl (C=O) groups excluding carboxylic acids is 1. The first kappa shape index (κ1) is 15.5. The monoisotopic (exact) mass is 285 g/mol. The number of carbonyl (C=O) groups is 1. The third-order valence-electron chi connectivity index (χ3n) is 2.74. The number of anilines is 1. The summed E-state index contributed by atoms with van der Waals surface area (Å²) in [7, 11) is -1.95. The maximum Gasteiger partial charge on any atom is 0.237 e. The number of sulfonamides is 1. The maximum absolute atomic E-state index is 11.8. The average molecular weight is 285 g/mol. The summed E-state index contributed by atoms with van der Waals surface area (Å²) in [5, 5.41) is 0. The Kier molecular flexibility index (Phi) is 5.31. The molecule has 0 aliphatic carbocycles. The van der Waals surface area contributed by atoms with E-state index in [4.69, 9.17) is 5.73 Å². The molecule has 19 heavy (non-hydrogen) atoms. The molecule has 0 unspecified atom stereocenters. The summed E-state index contributed by atoms with van der Waals surface area (Å²) in [6.07, 6.45) is 0. The van der Waals surface area contributed by atoms with Crippen LogP contribution in [0.3, 0.4) is 0 Å². The second-order valence-corrected chi connectivity index (χ2v) is 5.99. The van der Waals surface area contributed by atoms with Crippen LogP contribution in [0.4, 0.5) is 5.69 Å². The lowest BCUT2D eigenvalue weighted by atomic mass is 10.2. The zero-order valence-corrected chi connectivity index (χ0v) is 11.9. The van der Waals surface area contributed by atoms with Gasteiger partial charge >= 0.3 is 0 Å². The van der Waals surface area contributed by atoms with Crippen molar-refractivity contribution in [1.82, 2.24) is 9.62 Å². The summed E-state index contributed by atoms with van der Waals surface area (Å²) in [5.74, 6) is -0.505. The van der Waals surface area contributed by atoms with Gasteiger partial charge in [0, 0.05) is 19.3 Å². The molecular formula is C12H19N3O3S. The van der Waals surface area contributed by atoms with Crippen LogP contribution in [0.1, 0.15) is 12.5 Å². The number of para-hydroxylation sites is 1. The molecule has 0 aliphatic rings. The highest BCUT2D eigenvalue weighted by Crippen LogP contribution is 2.13. The van der Waals surface area contributed by atoms with Gasteiger partial charge < -0.3 is 10.6 Å². The molecule has 1 aromatic rings. The normalized spacial score (nSPS) is 11.3. The van der Waals surface area contributed by atoms with Crippen LogP contribution in [0.25, 0.3) is 0 Å². The molecule has 0 aromatic heterocycles. The molecule has 0 spiro atoms. The highest BCUT2D eigenvalue weighted by molar-refractivity contribution is 7.88. The lowest BCUT2D eigenvalue weighted by Crippen LogP contribution is -2.38. The van der Waals surface area contributed by atoms with Gasteiger partial charge in [-0.3, -0.25) is 4.79 Å². The predicted octanol–water partition coefficient (Wildman–Crippen LogP) is 0.167. The van der Waals surface area contributed by atoms with Crippen LogP contribution >= 0.6 is 0 Å². The quantitative estimate of drug-likeness (QED) is 0.729. The Balaban J connectivity index is 2.63. The topological polar surface area (TPSA) is 92.5 Å². The molecule has 1 amide bonds. The fourth-order valence-electron chi connectivity index (χ4n) is 1.40. The Bertz CT molecular complexity index is 543. The SMILES string of the molecule is CCN(C)C(=O)CNS(=O)(=O)Cc1ccccc1N. The summed E-state index contributed by atoms with van der Waals surface area (Å²) in [5.41, 5.74) is 6.63. The number of nitrogens with two attached hydrogens (primary N) is 1. The van der Waals surface area contributed by atoms with Crippen molar-refractivity contribution in [3.05, 3.63) is 29.8 Å². The summed E-state index contributed by atoms with van der Waals surface area (Å²) >= 11 is 0. The molecular weight excluding hydrogens is 266 g/mol. The molecule has 6 nitrogen and oxygen atoms in total. The van der Waals surface area contributed by atoms with E-state index in [1.54, 1.807) is 31.3 Å². The van der Waals surface area contributed by atoms with Gasteiger partial charge in [0.05, 0.1) is 12.3 Å². The molecule has 106 valence electrons. The Morgan fingerprint density at radius 2 is 2.00 bits per heavy atom. The van der Waals surface area contributed by atoms with Crippen LogP contribution in [0.5, 0.6) is 0 Å². The second-order valence-electron chi connectivity index (χ2n) is 4.19. The number of likely N-dealkylation sites (N-methyl/N-ethyl adjacent to an activating group) is 1. The molecule has 0 aliphatic heterocycles. The highest BCUT2D eigenvalue weighted by atomic mass is 32.2. The van der Waals surface area contributed by atoms with Gasteiger partial charge in [0.15, 0.2) is 0 Å². The third kappa shape index (κ3) is 4.88. The molecule has 3 N–H and O–H groups in total. The zero-order chi connectivity index (χ0) is 14.5. The fraction of sp³-hybridized carbons (Fsp3) is 0.417. The Hall–Kier alpha value is -1.60. The fourth-order valence-corrected chi connectivity index (χ4v) is 2.52. The van der Waals surface area contributed by atoms with Gasteiger partial charge in [-0.2, -0.15) is 0 Å². The largest absolute Gasteiger partial charge is 0.398 e. The lowest BCUT2D eigenvalue weighted by molar-refractivity contribution is -0.128. The van der Waals surface area contributed by atoms with Crippen molar-refractivity contribution in [3.8, 4) is 0 Å². The van der Waals surface area contributed by atoms with Crippen LogP contribution in [-0.2, 0) is 20.6 Å². The molecule has 0 fully saturated rings. The van der Waals surface area contributed by atoms with Crippen LogP contribution in [0.15, 0.2) is 24.3 Å². The van der Waals surface area contributed by atoms with Crippen molar-refractivity contribution < 1.29 is 13.2 Å².